The summed E-state index contributed by atoms with van der Waals surface area (Å²) < 4.78 is 49.5. The Morgan fingerprint density at radius 1 is 0.739 bits per heavy atom. The molecule has 0 aliphatic heterocycles. The Morgan fingerprint density at radius 3 is 1.63 bits per heavy atom. The highest BCUT2D eigenvalue weighted by Crippen LogP contribution is 2.48. The van der Waals surface area contributed by atoms with Gasteiger partial charge in [-0.05, 0) is 104 Å². The van der Waals surface area contributed by atoms with Crippen molar-refractivity contribution in [1.29, 1.82) is 0 Å². The zero-order chi connectivity index (χ0) is 34.0. The monoisotopic (exact) mass is 636 g/mol. The lowest BCUT2D eigenvalue weighted by atomic mass is 9.75. The third kappa shape index (κ3) is 6.48. The largest absolute Gasteiger partial charge is 0.506 e. The summed E-state index contributed by atoms with van der Waals surface area (Å²) in [6.45, 7) is 4.14. The van der Waals surface area contributed by atoms with Crippen molar-refractivity contribution in [3.8, 4) is 17.2 Å². The number of aromatic hydroxyl groups is 2. The second-order valence-corrected chi connectivity index (χ2v) is 10.5. The molecule has 46 heavy (non-hydrogen) atoms. The number of phenolic OH excluding ortho intramolecular Hbond substituents is 2. The summed E-state index contributed by atoms with van der Waals surface area (Å²) in [5.41, 5.74) is -3.48. The summed E-state index contributed by atoms with van der Waals surface area (Å²) >= 11 is 0. The van der Waals surface area contributed by atoms with Gasteiger partial charge in [0.2, 0.25) is 0 Å². The predicted molar refractivity (Wildman–Crippen MR) is 161 cm³/mol. The molecule has 0 aliphatic carbocycles. The Hall–Kier alpha value is -5.85. The van der Waals surface area contributed by atoms with Crippen molar-refractivity contribution in [2.45, 2.75) is 32.4 Å². The maximum absolute atomic E-state index is 14.9. The van der Waals surface area contributed by atoms with E-state index in [0.717, 1.165) is 43.3 Å². The zero-order valence-corrected chi connectivity index (χ0v) is 24.5. The van der Waals surface area contributed by atoms with Crippen molar-refractivity contribution in [2.24, 2.45) is 0 Å². The molecule has 4 aromatic rings. The second-order valence-electron chi connectivity index (χ2n) is 10.5. The number of alkyl halides is 3. The summed E-state index contributed by atoms with van der Waals surface area (Å²) in [6.07, 6.45) is -4.96. The predicted octanol–water partition coefficient (Wildman–Crippen LogP) is 6.32. The lowest BCUT2D eigenvalue weighted by molar-refractivity contribution is -0.173. The number of benzene rings is 4. The van der Waals surface area contributed by atoms with Crippen LogP contribution in [0.5, 0.6) is 17.2 Å². The molecule has 0 radical (unpaired) electrons. The summed E-state index contributed by atoms with van der Waals surface area (Å²) in [7, 11) is 0. The van der Waals surface area contributed by atoms with E-state index in [-0.39, 0.29) is 51.4 Å². The molecule has 0 aromatic heterocycles. The van der Waals surface area contributed by atoms with Crippen molar-refractivity contribution < 1.29 is 52.4 Å². The van der Waals surface area contributed by atoms with Crippen LogP contribution in [0.4, 0.5) is 24.5 Å². The van der Waals surface area contributed by atoms with Gasteiger partial charge in [0.25, 0.3) is 18.3 Å². The molecule has 4 aromatic carbocycles. The number of nitrogens with one attached hydrogen (secondary N) is 2. The lowest BCUT2D eigenvalue weighted by Crippen LogP contribution is -2.40. The Kier molecular flexibility index (Phi) is 9.08. The van der Waals surface area contributed by atoms with Crippen LogP contribution in [0.2, 0.25) is 0 Å². The molecule has 5 N–H and O–H groups in total. The first-order valence-electron chi connectivity index (χ1n) is 13.5. The van der Waals surface area contributed by atoms with Crippen molar-refractivity contribution in [3.05, 3.63) is 112 Å². The Bertz CT molecular complexity index is 1870. The van der Waals surface area contributed by atoms with Crippen LogP contribution in [0.25, 0.3) is 0 Å². The molecule has 0 heterocycles. The standard InChI is InChI=1S/C33H27F3N2O8/c1-17-12-19(4-8-23(17)31(44)45)29(42)37-24-14-21(6-9-26(24)40)32(3,33(34,35)36)22-7-10-27(41)25(15-22)38-30(43)20-5-11-28(46-16-39)18(2)13-20/h4-16,40-41H,1-3H3,(H,37,42)(H,38,43)(H,44,45). The molecule has 0 saturated carbocycles. The van der Waals surface area contributed by atoms with E-state index in [1.54, 1.807) is 6.92 Å². The van der Waals surface area contributed by atoms with Gasteiger partial charge in [-0.1, -0.05) is 12.1 Å². The first-order valence-corrected chi connectivity index (χ1v) is 13.5. The maximum Gasteiger partial charge on any atom is 0.402 e. The van der Waals surface area contributed by atoms with E-state index in [4.69, 9.17) is 4.74 Å². The summed E-state index contributed by atoms with van der Waals surface area (Å²) in [4.78, 5) is 47.8. The molecule has 0 fully saturated rings. The number of hydrogen-bond donors (Lipinski definition) is 5. The lowest BCUT2D eigenvalue weighted by Gasteiger charge is -2.34. The van der Waals surface area contributed by atoms with Crippen molar-refractivity contribution in [3.63, 3.8) is 0 Å². The molecule has 0 saturated heterocycles. The number of phenols is 2. The van der Waals surface area contributed by atoms with Gasteiger partial charge in [0, 0.05) is 11.1 Å². The van der Waals surface area contributed by atoms with Gasteiger partial charge in [-0.25, -0.2) is 4.79 Å². The smallest absolute Gasteiger partial charge is 0.402 e. The molecule has 0 aliphatic rings. The van der Waals surface area contributed by atoms with Crippen LogP contribution in [-0.2, 0) is 10.2 Å². The number of amides is 2. The maximum atomic E-state index is 14.9. The first kappa shape index (κ1) is 33.1. The number of carboxylic acid groups (broad SMARTS) is 1. The van der Waals surface area contributed by atoms with Gasteiger partial charge >= 0.3 is 12.1 Å². The summed E-state index contributed by atoms with van der Waals surface area (Å²) in [6, 6.07) is 13.8. The number of rotatable bonds is 9. The van der Waals surface area contributed by atoms with Crippen LogP contribution in [0, 0.1) is 13.8 Å². The normalized spacial score (nSPS) is 12.5. The quantitative estimate of drug-likeness (QED) is 0.105. The van der Waals surface area contributed by atoms with Crippen LogP contribution >= 0.6 is 0 Å². The van der Waals surface area contributed by atoms with Crippen LogP contribution in [0.15, 0.2) is 72.8 Å². The fourth-order valence-electron chi connectivity index (χ4n) is 4.80. The van der Waals surface area contributed by atoms with Crippen LogP contribution < -0.4 is 15.4 Å². The van der Waals surface area contributed by atoms with Gasteiger partial charge in [0.05, 0.1) is 16.9 Å². The van der Waals surface area contributed by atoms with Gasteiger partial charge in [0.15, 0.2) is 0 Å². The number of aromatic carboxylic acids is 1. The minimum atomic E-state index is -4.96. The summed E-state index contributed by atoms with van der Waals surface area (Å²) in [5.74, 6) is -3.61. The number of aryl methyl sites for hydroxylation is 2. The van der Waals surface area contributed by atoms with Crippen molar-refractivity contribution >= 4 is 35.6 Å². The number of anilines is 2. The molecule has 1 unspecified atom stereocenters. The fraction of sp³-hybridized carbons (Fsp3) is 0.152. The molecule has 1 atom stereocenters. The number of carbonyl (C=O) groups excluding carboxylic acids is 3. The number of carboxylic acids is 1. The Morgan fingerprint density at radius 2 is 1.22 bits per heavy atom. The SMILES string of the molecule is Cc1cc(C(=O)Nc2cc(C(C)(c3ccc(O)c(NC(=O)c4ccc(C(=O)O)c(C)c4)c3)C(F)(F)F)ccc2O)ccc1OC=O. The molecule has 238 valence electrons. The second kappa shape index (κ2) is 12.6. The molecule has 0 spiro atoms. The van der Waals surface area contributed by atoms with E-state index < -0.39 is 46.4 Å². The average Bonchev–Trinajstić information content (AvgIpc) is 2.99. The minimum absolute atomic E-state index is 0.00546. The highest BCUT2D eigenvalue weighted by atomic mass is 19.4. The van der Waals surface area contributed by atoms with Crippen LogP contribution in [0.1, 0.15) is 60.3 Å². The fourth-order valence-corrected chi connectivity index (χ4v) is 4.80. The molecular formula is C33H27F3N2O8. The summed E-state index contributed by atoms with van der Waals surface area (Å²) in [5, 5.41) is 34.8. The van der Waals surface area contributed by atoms with Gasteiger partial charge in [-0.2, -0.15) is 13.2 Å². The first-order chi connectivity index (χ1) is 21.6. The van der Waals surface area contributed by atoms with Gasteiger partial charge in [-0.3, -0.25) is 14.4 Å². The average molecular weight is 637 g/mol. The van der Waals surface area contributed by atoms with E-state index >= 15 is 0 Å². The molecule has 13 heteroatoms. The number of carbonyl (C=O) groups is 4. The van der Waals surface area contributed by atoms with E-state index in [0.29, 0.717) is 5.56 Å². The molecule has 10 nitrogen and oxygen atoms in total. The van der Waals surface area contributed by atoms with Crippen LogP contribution in [-0.4, -0.2) is 45.8 Å². The van der Waals surface area contributed by atoms with Gasteiger partial charge in [0.1, 0.15) is 22.7 Å². The highest BCUT2D eigenvalue weighted by Gasteiger charge is 2.54. The third-order valence-corrected chi connectivity index (χ3v) is 7.54. The van der Waals surface area contributed by atoms with E-state index in [2.05, 4.69) is 10.6 Å². The van der Waals surface area contributed by atoms with Crippen molar-refractivity contribution in [2.75, 3.05) is 10.6 Å². The number of hydrogen-bond acceptors (Lipinski definition) is 7. The number of ether oxygens (including phenoxy) is 1. The van der Waals surface area contributed by atoms with Gasteiger partial charge < -0.3 is 30.7 Å². The Balaban J connectivity index is 1.70. The van der Waals surface area contributed by atoms with E-state index in [1.165, 1.54) is 43.3 Å². The van der Waals surface area contributed by atoms with Crippen molar-refractivity contribution in [1.82, 2.24) is 0 Å². The molecule has 4 rings (SSSR count). The third-order valence-electron chi connectivity index (χ3n) is 7.54. The molecular weight excluding hydrogens is 609 g/mol. The number of halogens is 3. The molecule has 0 bridgehead atoms. The minimum Gasteiger partial charge on any atom is -0.506 e. The van der Waals surface area contributed by atoms with E-state index in [1.807, 2.05) is 0 Å². The molecule has 2 amide bonds. The van der Waals surface area contributed by atoms with E-state index in [9.17, 15) is 47.7 Å². The van der Waals surface area contributed by atoms with Crippen LogP contribution in [0.3, 0.4) is 0 Å². The topological polar surface area (TPSA) is 162 Å². The van der Waals surface area contributed by atoms with Gasteiger partial charge in [-0.15, -0.1) is 0 Å². The zero-order valence-electron chi connectivity index (χ0n) is 24.5. The Labute approximate surface area is 260 Å². The highest BCUT2D eigenvalue weighted by molar-refractivity contribution is 6.06.